The lowest BCUT2D eigenvalue weighted by molar-refractivity contribution is -0.126. The molecule has 2 amide bonds. The van der Waals surface area contributed by atoms with Gasteiger partial charge in [0, 0.05) is 55.9 Å². The van der Waals surface area contributed by atoms with E-state index in [4.69, 9.17) is 9.47 Å². The molecule has 3 aromatic rings. The molecule has 234 valence electrons. The molecule has 5 rings (SSSR count). The molecule has 0 unspecified atom stereocenters. The number of nitrogens with one attached hydrogen (secondary N) is 2. The molecule has 2 aliphatic heterocycles. The number of amides is 2. The quantitative estimate of drug-likeness (QED) is 0.254. The number of methoxy groups -OCH3 is 1. The van der Waals surface area contributed by atoms with Crippen molar-refractivity contribution >= 4 is 22.0 Å². The Kier molecular flexibility index (Phi) is 9.87. The Morgan fingerprint density at radius 1 is 0.955 bits per heavy atom. The first-order chi connectivity index (χ1) is 21.2. The first-order valence-electron chi connectivity index (χ1n) is 14.9. The number of carboxylic acid groups (broad SMARTS) is 1. The summed E-state index contributed by atoms with van der Waals surface area (Å²) in [6.07, 6.45) is 1.39. The van der Waals surface area contributed by atoms with Crippen LogP contribution in [-0.2, 0) is 30.7 Å². The van der Waals surface area contributed by atoms with Gasteiger partial charge in [-0.1, -0.05) is 66.7 Å². The van der Waals surface area contributed by atoms with Crippen LogP contribution < -0.4 is 14.8 Å². The van der Waals surface area contributed by atoms with Crippen LogP contribution in [0, 0.1) is 5.92 Å². The van der Waals surface area contributed by atoms with Crippen molar-refractivity contribution in [1.82, 2.24) is 14.9 Å². The maximum absolute atomic E-state index is 13.8. The van der Waals surface area contributed by atoms with Gasteiger partial charge in [0.2, 0.25) is 15.9 Å². The lowest BCUT2D eigenvalue weighted by Gasteiger charge is -2.41. The van der Waals surface area contributed by atoms with E-state index < -0.39 is 33.5 Å². The van der Waals surface area contributed by atoms with Crippen molar-refractivity contribution in [3.8, 4) is 11.5 Å². The average Bonchev–Trinajstić information content (AvgIpc) is 3.01. The van der Waals surface area contributed by atoms with E-state index in [1.54, 1.807) is 37.4 Å². The molecule has 0 radical (unpaired) electrons. The Labute approximate surface area is 258 Å². The van der Waals surface area contributed by atoms with E-state index in [2.05, 4.69) is 10.0 Å². The number of rotatable bonds is 12. The number of likely N-dealkylation sites (tertiary alicyclic amines) is 1. The van der Waals surface area contributed by atoms with Gasteiger partial charge in [-0.25, -0.2) is 17.9 Å². The normalized spacial score (nSPS) is 18.9. The fourth-order valence-electron chi connectivity index (χ4n) is 6.39. The van der Waals surface area contributed by atoms with E-state index in [0.29, 0.717) is 12.2 Å². The number of piperidine rings is 1. The van der Waals surface area contributed by atoms with E-state index in [-0.39, 0.29) is 37.7 Å². The second-order valence-corrected chi connectivity index (χ2v) is 13.3. The molecule has 44 heavy (non-hydrogen) atoms. The summed E-state index contributed by atoms with van der Waals surface area (Å²) in [4.78, 5) is 26.9. The highest BCUT2D eigenvalue weighted by Crippen LogP contribution is 2.50. The Balaban J connectivity index is 1.36. The van der Waals surface area contributed by atoms with Crippen LogP contribution in [0.2, 0.25) is 0 Å². The molecule has 1 saturated heterocycles. The Morgan fingerprint density at radius 2 is 1.59 bits per heavy atom. The number of para-hydroxylation sites is 2. The van der Waals surface area contributed by atoms with Crippen molar-refractivity contribution in [1.29, 1.82) is 0 Å². The fraction of sp³-hybridized carbons (Fsp3) is 0.394. The first-order valence-corrected chi connectivity index (χ1v) is 16.5. The molecule has 0 aliphatic carbocycles. The van der Waals surface area contributed by atoms with Crippen LogP contribution in [0.5, 0.6) is 11.5 Å². The SMILES string of the molecule is COCCCCC1(CNC(=O)[C@H]2C[C@@H](NS(=O)(=O)Cc3ccccc3)CN(C(=O)O)C2)c2ccccc2Oc2ccccc21. The largest absolute Gasteiger partial charge is 0.465 e. The monoisotopic (exact) mass is 621 g/mol. The van der Waals surface area contributed by atoms with E-state index in [1.807, 2.05) is 48.5 Å². The zero-order chi connectivity index (χ0) is 31.2. The number of ether oxygens (including phenoxy) is 2. The molecule has 0 bridgehead atoms. The molecule has 2 heterocycles. The summed E-state index contributed by atoms with van der Waals surface area (Å²) in [7, 11) is -2.10. The number of hydrogen-bond donors (Lipinski definition) is 3. The van der Waals surface area contributed by atoms with Gasteiger partial charge in [0.1, 0.15) is 11.5 Å². The number of nitrogens with zero attached hydrogens (tertiary/aromatic N) is 1. The van der Waals surface area contributed by atoms with Crippen LogP contribution in [0.15, 0.2) is 78.9 Å². The van der Waals surface area contributed by atoms with Gasteiger partial charge in [-0.15, -0.1) is 0 Å². The second kappa shape index (κ2) is 13.8. The molecule has 0 aromatic heterocycles. The highest BCUT2D eigenvalue weighted by atomic mass is 32.2. The standard InChI is InChI=1S/C33H39N3O7S/c1-42-18-10-9-17-33(27-13-5-7-15-29(27)43-30-16-8-6-14-28(30)33)23-34-31(37)25-19-26(21-36(20-25)32(38)39)35-44(40,41)22-24-11-3-2-4-12-24/h2-8,11-16,25-26,35H,9-10,17-23H2,1H3,(H,34,37)(H,38,39)/t25-,26+/m0/s1. The Hall–Kier alpha value is -3.93. The predicted molar refractivity (Wildman–Crippen MR) is 166 cm³/mol. The van der Waals surface area contributed by atoms with Crippen LogP contribution in [0.1, 0.15) is 42.4 Å². The van der Waals surface area contributed by atoms with Crippen molar-refractivity contribution in [2.75, 3.05) is 33.4 Å². The van der Waals surface area contributed by atoms with Crippen LogP contribution in [0.3, 0.4) is 0 Å². The molecule has 0 spiro atoms. The minimum Gasteiger partial charge on any atom is -0.465 e. The van der Waals surface area contributed by atoms with Gasteiger partial charge in [-0.3, -0.25) is 4.79 Å². The number of fused-ring (bicyclic) bond motifs is 2. The average molecular weight is 622 g/mol. The Morgan fingerprint density at radius 3 is 2.23 bits per heavy atom. The highest BCUT2D eigenvalue weighted by Gasteiger charge is 2.43. The smallest absolute Gasteiger partial charge is 0.407 e. The van der Waals surface area contributed by atoms with Crippen molar-refractivity contribution < 1.29 is 32.6 Å². The summed E-state index contributed by atoms with van der Waals surface area (Å²) in [6, 6.07) is 23.7. The molecule has 10 nitrogen and oxygen atoms in total. The van der Waals surface area contributed by atoms with Crippen LogP contribution in [0.25, 0.3) is 0 Å². The number of carbonyl (C=O) groups excluding carboxylic acids is 1. The minimum atomic E-state index is -3.78. The van der Waals surface area contributed by atoms with Crippen molar-refractivity contribution in [3.05, 3.63) is 95.6 Å². The summed E-state index contributed by atoms with van der Waals surface area (Å²) in [5, 5.41) is 13.0. The molecule has 2 atom stereocenters. The lowest BCUT2D eigenvalue weighted by atomic mass is 9.69. The van der Waals surface area contributed by atoms with Crippen molar-refractivity contribution in [2.45, 2.75) is 42.9 Å². The van der Waals surface area contributed by atoms with Gasteiger partial charge in [0.15, 0.2) is 0 Å². The zero-order valence-corrected chi connectivity index (χ0v) is 25.6. The summed E-state index contributed by atoms with van der Waals surface area (Å²) < 4.78 is 40.2. The highest BCUT2D eigenvalue weighted by molar-refractivity contribution is 7.88. The summed E-state index contributed by atoms with van der Waals surface area (Å²) >= 11 is 0. The molecular weight excluding hydrogens is 582 g/mol. The van der Waals surface area contributed by atoms with Gasteiger partial charge in [-0.05, 0) is 43.4 Å². The second-order valence-electron chi connectivity index (χ2n) is 11.5. The van der Waals surface area contributed by atoms with E-state index >= 15 is 0 Å². The number of carbonyl (C=O) groups is 2. The zero-order valence-electron chi connectivity index (χ0n) is 24.8. The van der Waals surface area contributed by atoms with Crippen molar-refractivity contribution in [2.24, 2.45) is 5.92 Å². The van der Waals surface area contributed by atoms with Gasteiger partial charge in [0.25, 0.3) is 0 Å². The first kappa shape index (κ1) is 31.5. The lowest BCUT2D eigenvalue weighted by Crippen LogP contribution is -2.56. The fourth-order valence-corrected chi connectivity index (χ4v) is 7.78. The van der Waals surface area contributed by atoms with Gasteiger partial charge >= 0.3 is 6.09 Å². The number of unbranched alkanes of at least 4 members (excludes halogenated alkanes) is 1. The topological polar surface area (TPSA) is 134 Å². The third-order valence-corrected chi connectivity index (χ3v) is 9.84. The minimum absolute atomic E-state index is 0.0186. The van der Waals surface area contributed by atoms with Crippen molar-refractivity contribution in [3.63, 3.8) is 0 Å². The van der Waals surface area contributed by atoms with Crippen LogP contribution in [0.4, 0.5) is 4.79 Å². The molecule has 3 aromatic carbocycles. The Bertz CT molecular complexity index is 1520. The number of benzene rings is 3. The third-order valence-electron chi connectivity index (χ3n) is 8.43. The summed E-state index contributed by atoms with van der Waals surface area (Å²) in [5.74, 6) is 0.173. The maximum atomic E-state index is 13.8. The third kappa shape index (κ3) is 7.23. The maximum Gasteiger partial charge on any atom is 0.407 e. The van der Waals surface area contributed by atoms with E-state index in [9.17, 15) is 23.1 Å². The molecule has 3 N–H and O–H groups in total. The molecule has 11 heteroatoms. The van der Waals surface area contributed by atoms with Gasteiger partial charge in [-0.2, -0.15) is 0 Å². The van der Waals surface area contributed by atoms with Gasteiger partial charge < -0.3 is 24.8 Å². The molecule has 1 fully saturated rings. The predicted octanol–water partition coefficient (Wildman–Crippen LogP) is 4.50. The van der Waals surface area contributed by atoms with E-state index in [1.165, 1.54) is 0 Å². The molecular formula is C33H39N3O7S. The van der Waals surface area contributed by atoms with E-state index in [0.717, 1.165) is 46.8 Å². The number of hydrogen-bond acceptors (Lipinski definition) is 6. The summed E-state index contributed by atoms with van der Waals surface area (Å²) in [6.45, 7) is 0.838. The summed E-state index contributed by atoms with van der Waals surface area (Å²) in [5.41, 5.74) is 1.97. The molecule has 0 saturated carbocycles. The molecule has 2 aliphatic rings. The van der Waals surface area contributed by atoms with Crippen LogP contribution >= 0.6 is 0 Å². The number of sulfonamides is 1. The van der Waals surface area contributed by atoms with Crippen LogP contribution in [-0.4, -0.2) is 69.8 Å². The van der Waals surface area contributed by atoms with Gasteiger partial charge in [0.05, 0.1) is 11.7 Å².